The zero-order valence-electron chi connectivity index (χ0n) is 11.2. The lowest BCUT2D eigenvalue weighted by molar-refractivity contribution is -0.118. The van der Waals surface area contributed by atoms with Gasteiger partial charge in [-0.2, -0.15) is 0 Å². The maximum atomic E-state index is 11.8. The lowest BCUT2D eigenvalue weighted by Crippen LogP contribution is -2.20. The Balaban J connectivity index is 1.95. The molecule has 0 radical (unpaired) electrons. The van der Waals surface area contributed by atoms with Crippen LogP contribution in [0.2, 0.25) is 0 Å². The molecule has 2 rings (SSSR count). The van der Waals surface area contributed by atoms with Crippen LogP contribution in [0.5, 0.6) is 5.75 Å². The molecule has 0 aliphatic carbocycles. The third-order valence-electron chi connectivity index (χ3n) is 2.65. The van der Waals surface area contributed by atoms with Crippen molar-refractivity contribution in [1.82, 2.24) is 0 Å². The number of halogens is 2. The predicted molar refractivity (Wildman–Crippen MR) is 89.4 cm³/mol. The van der Waals surface area contributed by atoms with E-state index in [2.05, 4.69) is 37.2 Å². The summed E-state index contributed by atoms with van der Waals surface area (Å²) in [7, 11) is 0. The minimum absolute atomic E-state index is 0.106. The molecule has 0 spiro atoms. The second-order valence-corrected chi connectivity index (χ2v) is 6.07. The summed E-state index contributed by atoms with van der Waals surface area (Å²) in [6, 6.07) is 11.3. The first-order valence-electron chi connectivity index (χ1n) is 6.17. The van der Waals surface area contributed by atoms with Gasteiger partial charge in [-0.25, -0.2) is 4.79 Å². The van der Waals surface area contributed by atoms with E-state index in [4.69, 9.17) is 9.84 Å². The first-order chi connectivity index (χ1) is 10.5. The first-order valence-corrected chi connectivity index (χ1v) is 7.75. The normalized spacial score (nSPS) is 10.1. The number of anilines is 1. The molecule has 0 unspecified atom stereocenters. The highest BCUT2D eigenvalue weighted by Crippen LogP contribution is 2.28. The molecule has 1 amide bonds. The van der Waals surface area contributed by atoms with Crippen molar-refractivity contribution in [2.75, 3.05) is 11.9 Å². The predicted octanol–water partition coefficient (Wildman–Crippen LogP) is 3.93. The Labute approximate surface area is 143 Å². The number of ether oxygens (including phenoxy) is 1. The second-order valence-electron chi connectivity index (χ2n) is 4.30. The molecule has 0 fully saturated rings. The zero-order chi connectivity index (χ0) is 16.1. The maximum absolute atomic E-state index is 11.8. The van der Waals surface area contributed by atoms with E-state index in [1.165, 1.54) is 12.1 Å². The number of carboxylic acids is 1. The molecule has 0 atom stereocenters. The van der Waals surface area contributed by atoms with Crippen molar-refractivity contribution in [3.05, 3.63) is 57.0 Å². The lowest BCUT2D eigenvalue weighted by Gasteiger charge is -2.09. The molecule has 5 nitrogen and oxygen atoms in total. The molecule has 2 N–H and O–H groups in total. The smallest absolute Gasteiger partial charge is 0.335 e. The number of carboxylic acid groups (broad SMARTS) is 1. The number of carbonyl (C=O) groups is 2. The topological polar surface area (TPSA) is 75.6 Å². The Bertz CT molecular complexity index is 718. The van der Waals surface area contributed by atoms with Crippen LogP contribution in [0.4, 0.5) is 5.69 Å². The van der Waals surface area contributed by atoms with Crippen molar-refractivity contribution < 1.29 is 19.4 Å². The lowest BCUT2D eigenvalue weighted by atomic mass is 10.2. The molecule has 22 heavy (non-hydrogen) atoms. The Morgan fingerprint density at radius 1 is 1.14 bits per heavy atom. The summed E-state index contributed by atoms with van der Waals surface area (Å²) < 4.78 is 7.02. The summed E-state index contributed by atoms with van der Waals surface area (Å²) in [5.74, 6) is -0.888. The molecule has 0 saturated heterocycles. The van der Waals surface area contributed by atoms with E-state index < -0.39 is 5.97 Å². The summed E-state index contributed by atoms with van der Waals surface area (Å²) in [6.45, 7) is -0.183. The Kier molecular flexibility index (Phi) is 5.57. The fourth-order valence-electron chi connectivity index (χ4n) is 1.66. The van der Waals surface area contributed by atoms with Crippen LogP contribution in [-0.2, 0) is 4.79 Å². The summed E-state index contributed by atoms with van der Waals surface area (Å²) in [5.41, 5.74) is 0.512. The highest BCUT2D eigenvalue weighted by Gasteiger charge is 2.08. The van der Waals surface area contributed by atoms with Gasteiger partial charge in [0, 0.05) is 10.2 Å². The van der Waals surface area contributed by atoms with Crippen molar-refractivity contribution in [3.63, 3.8) is 0 Å². The number of hydrogen-bond acceptors (Lipinski definition) is 3. The quantitative estimate of drug-likeness (QED) is 0.756. The van der Waals surface area contributed by atoms with Gasteiger partial charge in [-0.1, -0.05) is 22.0 Å². The number of benzene rings is 2. The number of nitrogens with one attached hydrogen (secondary N) is 1. The van der Waals surface area contributed by atoms with Gasteiger partial charge in [-0.3, -0.25) is 4.79 Å². The molecule has 2 aromatic carbocycles. The standard InChI is InChI=1S/C15H11Br2NO4/c16-10-4-5-13(12(17)7-10)22-8-14(19)18-11-3-1-2-9(6-11)15(20)21/h1-7H,8H2,(H,18,19)(H,20,21). The average Bonchev–Trinajstić information content (AvgIpc) is 2.46. The molecule has 0 heterocycles. The minimum atomic E-state index is -1.05. The molecule has 2 aromatic rings. The summed E-state index contributed by atoms with van der Waals surface area (Å²) >= 11 is 6.66. The van der Waals surface area contributed by atoms with Crippen molar-refractivity contribution in [3.8, 4) is 5.75 Å². The molecule has 0 aromatic heterocycles. The van der Waals surface area contributed by atoms with Gasteiger partial charge in [0.25, 0.3) is 5.91 Å². The van der Waals surface area contributed by atoms with Gasteiger partial charge in [-0.05, 0) is 52.3 Å². The van der Waals surface area contributed by atoms with Crippen LogP contribution in [0.25, 0.3) is 0 Å². The van der Waals surface area contributed by atoms with Crippen LogP contribution in [0.1, 0.15) is 10.4 Å². The van der Waals surface area contributed by atoms with E-state index in [1.54, 1.807) is 24.3 Å². The van der Waals surface area contributed by atoms with Crippen LogP contribution < -0.4 is 10.1 Å². The SMILES string of the molecule is O=C(COc1ccc(Br)cc1Br)Nc1cccc(C(=O)O)c1. The highest BCUT2D eigenvalue weighted by atomic mass is 79.9. The molecule has 0 aliphatic heterocycles. The number of carbonyl (C=O) groups excluding carboxylic acids is 1. The minimum Gasteiger partial charge on any atom is -0.483 e. The fraction of sp³-hybridized carbons (Fsp3) is 0.0667. The highest BCUT2D eigenvalue weighted by molar-refractivity contribution is 9.11. The van der Waals surface area contributed by atoms with Gasteiger partial charge in [0.1, 0.15) is 5.75 Å². The van der Waals surface area contributed by atoms with E-state index in [0.29, 0.717) is 11.4 Å². The van der Waals surface area contributed by atoms with Gasteiger partial charge < -0.3 is 15.2 Å². The van der Waals surface area contributed by atoms with Gasteiger partial charge in [0.15, 0.2) is 6.61 Å². The maximum Gasteiger partial charge on any atom is 0.335 e. The largest absolute Gasteiger partial charge is 0.483 e. The third-order valence-corrected chi connectivity index (χ3v) is 3.76. The van der Waals surface area contributed by atoms with Gasteiger partial charge >= 0.3 is 5.97 Å². The molecule has 0 bridgehead atoms. The molecule has 114 valence electrons. The number of amides is 1. The van der Waals surface area contributed by atoms with Crippen molar-refractivity contribution in [1.29, 1.82) is 0 Å². The number of aromatic carboxylic acids is 1. The monoisotopic (exact) mass is 427 g/mol. The van der Waals surface area contributed by atoms with E-state index in [-0.39, 0.29) is 18.1 Å². The van der Waals surface area contributed by atoms with Gasteiger partial charge in [-0.15, -0.1) is 0 Å². The van der Waals surface area contributed by atoms with E-state index in [0.717, 1.165) is 8.95 Å². The van der Waals surface area contributed by atoms with Crippen molar-refractivity contribution >= 4 is 49.4 Å². The fourth-order valence-corrected chi connectivity index (χ4v) is 2.82. The summed E-state index contributed by atoms with van der Waals surface area (Å²) in [5, 5.41) is 11.5. The molecule has 0 saturated carbocycles. The first kappa shape index (κ1) is 16.5. The Morgan fingerprint density at radius 3 is 2.59 bits per heavy atom. The van der Waals surface area contributed by atoms with Crippen LogP contribution >= 0.6 is 31.9 Å². The molecular weight excluding hydrogens is 418 g/mol. The third kappa shape index (κ3) is 4.57. The van der Waals surface area contributed by atoms with E-state index in [1.807, 2.05) is 6.07 Å². The Hall–Kier alpha value is -1.86. The summed E-state index contributed by atoms with van der Waals surface area (Å²) in [6.07, 6.45) is 0. The van der Waals surface area contributed by atoms with Crippen LogP contribution in [0.3, 0.4) is 0 Å². The average molecular weight is 429 g/mol. The van der Waals surface area contributed by atoms with Gasteiger partial charge in [0.05, 0.1) is 10.0 Å². The second kappa shape index (κ2) is 7.42. The van der Waals surface area contributed by atoms with Crippen LogP contribution in [0, 0.1) is 0 Å². The van der Waals surface area contributed by atoms with E-state index in [9.17, 15) is 9.59 Å². The van der Waals surface area contributed by atoms with Crippen LogP contribution in [0.15, 0.2) is 51.4 Å². The van der Waals surface area contributed by atoms with Gasteiger partial charge in [0.2, 0.25) is 0 Å². The number of rotatable bonds is 5. The van der Waals surface area contributed by atoms with Crippen LogP contribution in [-0.4, -0.2) is 23.6 Å². The summed E-state index contributed by atoms with van der Waals surface area (Å²) in [4.78, 5) is 22.7. The van der Waals surface area contributed by atoms with Crippen molar-refractivity contribution in [2.45, 2.75) is 0 Å². The molecular formula is C15H11Br2NO4. The van der Waals surface area contributed by atoms with E-state index >= 15 is 0 Å². The molecule has 0 aliphatic rings. The zero-order valence-corrected chi connectivity index (χ0v) is 14.3. The Morgan fingerprint density at radius 2 is 1.91 bits per heavy atom. The number of hydrogen-bond donors (Lipinski definition) is 2. The molecule has 7 heteroatoms. The van der Waals surface area contributed by atoms with Crippen molar-refractivity contribution in [2.24, 2.45) is 0 Å².